The van der Waals surface area contributed by atoms with Crippen molar-refractivity contribution in [1.29, 1.82) is 0 Å². The van der Waals surface area contributed by atoms with Gasteiger partial charge < -0.3 is 15.2 Å². The summed E-state index contributed by atoms with van der Waals surface area (Å²) in [5, 5.41) is 0. The molecule has 0 aliphatic carbocycles. The van der Waals surface area contributed by atoms with Crippen LogP contribution in [0, 0.1) is 13.8 Å². The maximum atomic E-state index is 5.58. The van der Waals surface area contributed by atoms with Gasteiger partial charge in [-0.25, -0.2) is 0 Å². The van der Waals surface area contributed by atoms with Gasteiger partial charge in [0.2, 0.25) is 5.95 Å². The summed E-state index contributed by atoms with van der Waals surface area (Å²) in [6.45, 7) is 6.33. The lowest BCUT2D eigenvalue weighted by Gasteiger charge is -2.07. The van der Waals surface area contributed by atoms with Crippen LogP contribution < -0.4 is 15.2 Å². The van der Waals surface area contributed by atoms with E-state index in [1.165, 1.54) is 5.56 Å². The summed E-state index contributed by atoms with van der Waals surface area (Å²) >= 11 is 0. The van der Waals surface area contributed by atoms with Crippen LogP contribution in [0.2, 0.25) is 0 Å². The molecule has 0 amide bonds. The van der Waals surface area contributed by atoms with Gasteiger partial charge >= 0.3 is 12.0 Å². The molecule has 2 N–H and O–H groups in total. The molecule has 0 aliphatic rings. The van der Waals surface area contributed by atoms with Crippen LogP contribution in [0.25, 0.3) is 0 Å². The van der Waals surface area contributed by atoms with E-state index in [4.69, 9.17) is 15.2 Å². The number of aromatic nitrogens is 3. The van der Waals surface area contributed by atoms with Gasteiger partial charge in [0.25, 0.3) is 0 Å². The number of nitrogen functional groups attached to an aromatic ring is 1. The number of hydrogen-bond donors (Lipinski definition) is 1. The molecular weight excluding hydrogens is 244 g/mol. The highest BCUT2D eigenvalue weighted by Gasteiger charge is 2.07. The molecule has 6 nitrogen and oxygen atoms in total. The quantitative estimate of drug-likeness (QED) is 0.907. The standard InChI is InChI=1S/C13H16N4O2/c1-4-18-12-15-11(14)16-13(17-12)19-10-6-5-8(2)9(3)7-10/h5-7H,4H2,1-3H3,(H2,14,15,16,17). The summed E-state index contributed by atoms with van der Waals surface area (Å²) in [7, 11) is 0. The van der Waals surface area contributed by atoms with E-state index in [1.54, 1.807) is 0 Å². The second-order valence-corrected chi connectivity index (χ2v) is 4.04. The van der Waals surface area contributed by atoms with E-state index >= 15 is 0 Å². The fourth-order valence-electron chi connectivity index (χ4n) is 1.47. The SMILES string of the molecule is CCOc1nc(N)nc(Oc2ccc(C)c(C)c2)n1. The second-order valence-electron chi connectivity index (χ2n) is 4.04. The van der Waals surface area contributed by atoms with E-state index in [9.17, 15) is 0 Å². The molecule has 0 fully saturated rings. The molecule has 1 aromatic carbocycles. The number of nitrogens with zero attached hydrogens (tertiary/aromatic N) is 3. The van der Waals surface area contributed by atoms with Crippen LogP contribution in [0.4, 0.5) is 5.95 Å². The molecule has 0 spiro atoms. The van der Waals surface area contributed by atoms with E-state index in [0.717, 1.165) is 5.56 Å². The first kappa shape index (κ1) is 13.1. The Morgan fingerprint density at radius 1 is 1.05 bits per heavy atom. The first-order chi connectivity index (χ1) is 9.08. The first-order valence-corrected chi connectivity index (χ1v) is 5.98. The fraction of sp³-hybridized carbons (Fsp3) is 0.308. The van der Waals surface area contributed by atoms with Crippen molar-refractivity contribution in [3.63, 3.8) is 0 Å². The smallest absolute Gasteiger partial charge is 0.330 e. The van der Waals surface area contributed by atoms with Crippen molar-refractivity contribution >= 4 is 5.95 Å². The van der Waals surface area contributed by atoms with Gasteiger partial charge in [-0.15, -0.1) is 4.98 Å². The van der Waals surface area contributed by atoms with Crippen molar-refractivity contribution in [2.24, 2.45) is 0 Å². The highest BCUT2D eigenvalue weighted by molar-refractivity contribution is 5.35. The summed E-state index contributed by atoms with van der Waals surface area (Å²) in [6, 6.07) is 6.02. The lowest BCUT2D eigenvalue weighted by molar-refractivity contribution is 0.304. The third kappa shape index (κ3) is 3.31. The zero-order chi connectivity index (χ0) is 13.8. The van der Waals surface area contributed by atoms with Crippen LogP contribution in [-0.4, -0.2) is 21.6 Å². The zero-order valence-corrected chi connectivity index (χ0v) is 11.2. The Labute approximate surface area is 111 Å². The maximum Gasteiger partial charge on any atom is 0.330 e. The molecule has 19 heavy (non-hydrogen) atoms. The van der Waals surface area contributed by atoms with Crippen LogP contribution in [-0.2, 0) is 0 Å². The van der Waals surface area contributed by atoms with E-state index in [-0.39, 0.29) is 18.0 Å². The van der Waals surface area contributed by atoms with E-state index in [1.807, 2.05) is 39.0 Å². The first-order valence-electron chi connectivity index (χ1n) is 5.98. The Kier molecular flexibility index (Phi) is 3.79. The number of rotatable bonds is 4. The van der Waals surface area contributed by atoms with Crippen molar-refractivity contribution in [3.05, 3.63) is 29.3 Å². The van der Waals surface area contributed by atoms with Crippen molar-refractivity contribution in [2.45, 2.75) is 20.8 Å². The predicted octanol–water partition coefficient (Wildman–Crippen LogP) is 2.26. The van der Waals surface area contributed by atoms with Crippen LogP contribution in [0.15, 0.2) is 18.2 Å². The molecule has 2 rings (SSSR count). The lowest BCUT2D eigenvalue weighted by atomic mass is 10.1. The monoisotopic (exact) mass is 260 g/mol. The fourth-order valence-corrected chi connectivity index (χ4v) is 1.47. The Balaban J connectivity index is 2.24. The van der Waals surface area contributed by atoms with Gasteiger partial charge in [0.1, 0.15) is 5.75 Å². The van der Waals surface area contributed by atoms with Gasteiger partial charge in [0.05, 0.1) is 6.61 Å². The van der Waals surface area contributed by atoms with Crippen LogP contribution >= 0.6 is 0 Å². The molecule has 6 heteroatoms. The summed E-state index contributed by atoms with van der Waals surface area (Å²) < 4.78 is 10.7. The minimum atomic E-state index is 0.0669. The van der Waals surface area contributed by atoms with Crippen molar-refractivity contribution < 1.29 is 9.47 Å². The molecule has 100 valence electrons. The summed E-state index contributed by atoms with van der Waals surface area (Å²) in [4.78, 5) is 11.8. The molecule has 0 aliphatic heterocycles. The molecule has 0 saturated carbocycles. The number of hydrogen-bond acceptors (Lipinski definition) is 6. The second kappa shape index (κ2) is 5.51. The molecule has 0 unspecified atom stereocenters. The molecule has 0 atom stereocenters. The number of anilines is 1. The highest BCUT2D eigenvalue weighted by atomic mass is 16.5. The number of ether oxygens (including phenoxy) is 2. The normalized spacial score (nSPS) is 10.3. The Hall–Kier alpha value is -2.37. The molecular formula is C13H16N4O2. The van der Waals surface area contributed by atoms with Gasteiger partial charge in [-0.05, 0) is 44.0 Å². The molecule has 1 heterocycles. The van der Waals surface area contributed by atoms with Crippen LogP contribution in [0.3, 0.4) is 0 Å². The number of nitrogens with two attached hydrogens (primary N) is 1. The van der Waals surface area contributed by atoms with Crippen molar-refractivity contribution in [1.82, 2.24) is 15.0 Å². The zero-order valence-electron chi connectivity index (χ0n) is 11.2. The van der Waals surface area contributed by atoms with E-state index in [2.05, 4.69) is 15.0 Å². The Morgan fingerprint density at radius 3 is 2.47 bits per heavy atom. The Morgan fingerprint density at radius 2 is 1.79 bits per heavy atom. The average Bonchev–Trinajstić information content (AvgIpc) is 2.33. The average molecular weight is 260 g/mol. The van der Waals surface area contributed by atoms with Gasteiger partial charge in [-0.3, -0.25) is 0 Å². The highest BCUT2D eigenvalue weighted by Crippen LogP contribution is 2.22. The van der Waals surface area contributed by atoms with Crippen LogP contribution in [0.1, 0.15) is 18.1 Å². The molecule has 0 bridgehead atoms. The topological polar surface area (TPSA) is 83.2 Å². The summed E-state index contributed by atoms with van der Waals surface area (Å²) in [5.74, 6) is 0.716. The third-order valence-electron chi connectivity index (χ3n) is 2.57. The van der Waals surface area contributed by atoms with Crippen LogP contribution in [0.5, 0.6) is 17.8 Å². The van der Waals surface area contributed by atoms with E-state index in [0.29, 0.717) is 12.4 Å². The summed E-state index contributed by atoms with van der Waals surface area (Å²) in [6.07, 6.45) is 0. The van der Waals surface area contributed by atoms with Gasteiger partial charge in [0, 0.05) is 0 Å². The van der Waals surface area contributed by atoms with Crippen molar-refractivity contribution in [3.8, 4) is 17.8 Å². The minimum Gasteiger partial charge on any atom is -0.464 e. The number of aryl methyl sites for hydroxylation is 2. The Bertz CT molecular complexity index is 587. The third-order valence-corrected chi connectivity index (χ3v) is 2.57. The van der Waals surface area contributed by atoms with Crippen molar-refractivity contribution in [2.75, 3.05) is 12.3 Å². The molecule has 1 aromatic heterocycles. The van der Waals surface area contributed by atoms with E-state index < -0.39 is 0 Å². The molecule has 2 aromatic rings. The van der Waals surface area contributed by atoms with Gasteiger partial charge in [0.15, 0.2) is 0 Å². The van der Waals surface area contributed by atoms with Gasteiger partial charge in [-0.2, -0.15) is 9.97 Å². The predicted molar refractivity (Wildman–Crippen MR) is 71.4 cm³/mol. The molecule has 0 radical (unpaired) electrons. The minimum absolute atomic E-state index is 0.0669. The molecule has 0 saturated heterocycles. The largest absolute Gasteiger partial charge is 0.464 e. The summed E-state index contributed by atoms with van der Waals surface area (Å²) in [5.41, 5.74) is 7.90. The lowest BCUT2D eigenvalue weighted by Crippen LogP contribution is -2.04. The maximum absolute atomic E-state index is 5.58. The number of benzene rings is 1. The van der Waals surface area contributed by atoms with Gasteiger partial charge in [-0.1, -0.05) is 6.07 Å².